The molecule has 0 bridgehead atoms. The number of anilines is 1. The highest BCUT2D eigenvalue weighted by Crippen LogP contribution is 2.36. The lowest BCUT2D eigenvalue weighted by Gasteiger charge is -2.09. The van der Waals surface area contributed by atoms with E-state index in [2.05, 4.69) is 15.6 Å². The van der Waals surface area contributed by atoms with Gasteiger partial charge in [0.2, 0.25) is 5.91 Å². The van der Waals surface area contributed by atoms with E-state index in [1.807, 2.05) is 19.2 Å². The Bertz CT molecular complexity index is 1130. The molecule has 0 aliphatic carbocycles. The number of carbonyl (C=O) groups is 2. The van der Waals surface area contributed by atoms with Gasteiger partial charge in [-0.25, -0.2) is 4.98 Å². The van der Waals surface area contributed by atoms with Gasteiger partial charge in [-0.05, 0) is 50.2 Å². The second-order valence-electron chi connectivity index (χ2n) is 6.48. The topological polar surface area (TPSA) is 123 Å². The molecule has 0 radical (unpaired) electrons. The molecule has 11 heteroatoms. The van der Waals surface area contributed by atoms with Crippen LogP contribution in [0, 0.1) is 17.0 Å². The van der Waals surface area contributed by atoms with E-state index < -0.39 is 16.7 Å². The van der Waals surface area contributed by atoms with Gasteiger partial charge in [0.1, 0.15) is 5.75 Å². The van der Waals surface area contributed by atoms with Crippen molar-refractivity contribution in [3.8, 4) is 5.75 Å². The molecule has 1 heterocycles. The normalized spacial score (nSPS) is 10.4. The Morgan fingerprint density at radius 3 is 2.59 bits per heavy atom. The highest BCUT2D eigenvalue weighted by atomic mass is 32.2. The van der Waals surface area contributed by atoms with Gasteiger partial charge in [-0.2, -0.15) is 0 Å². The standard InChI is InChI=1S/C21H20N4O5S2/c1-3-30-16-7-5-15(6-8-16)24-19(26)11-22-20(27)14-4-9-18(17(10-14)25(28)29)32-21-23-13(2)12-31-21/h4-10,12H,3,11H2,1-2H3,(H,22,27)(H,24,26). The zero-order valence-corrected chi connectivity index (χ0v) is 18.9. The molecule has 32 heavy (non-hydrogen) atoms. The summed E-state index contributed by atoms with van der Waals surface area (Å²) in [7, 11) is 0. The summed E-state index contributed by atoms with van der Waals surface area (Å²) >= 11 is 2.56. The second kappa shape index (κ2) is 10.7. The number of aromatic nitrogens is 1. The summed E-state index contributed by atoms with van der Waals surface area (Å²) in [6.07, 6.45) is 0. The van der Waals surface area contributed by atoms with E-state index in [-0.39, 0.29) is 17.8 Å². The third kappa shape index (κ3) is 6.28. The van der Waals surface area contributed by atoms with E-state index in [1.165, 1.54) is 41.3 Å². The van der Waals surface area contributed by atoms with Crippen LogP contribution in [0.1, 0.15) is 23.0 Å². The number of amides is 2. The third-order valence-electron chi connectivity index (χ3n) is 4.07. The lowest BCUT2D eigenvalue weighted by Crippen LogP contribution is -2.32. The molecule has 3 rings (SSSR count). The summed E-state index contributed by atoms with van der Waals surface area (Å²) in [5.41, 5.74) is 1.28. The molecule has 9 nitrogen and oxygen atoms in total. The monoisotopic (exact) mass is 472 g/mol. The molecule has 2 aromatic carbocycles. The number of thiazole rings is 1. The Hall–Kier alpha value is -3.44. The summed E-state index contributed by atoms with van der Waals surface area (Å²) in [5, 5.41) is 18.5. The summed E-state index contributed by atoms with van der Waals surface area (Å²) in [5.74, 6) is -0.327. The minimum Gasteiger partial charge on any atom is -0.494 e. The fourth-order valence-corrected chi connectivity index (χ4v) is 4.51. The summed E-state index contributed by atoms with van der Waals surface area (Å²) in [6.45, 7) is 3.98. The third-order valence-corrected chi connectivity index (χ3v) is 6.19. The van der Waals surface area contributed by atoms with Gasteiger partial charge in [0.15, 0.2) is 4.34 Å². The number of nitrogens with one attached hydrogen (secondary N) is 2. The number of nitrogens with zero attached hydrogens (tertiary/aromatic N) is 2. The van der Waals surface area contributed by atoms with E-state index in [1.54, 1.807) is 24.3 Å². The average Bonchev–Trinajstić information content (AvgIpc) is 3.18. The van der Waals surface area contributed by atoms with Crippen LogP contribution >= 0.6 is 23.1 Å². The zero-order chi connectivity index (χ0) is 23.1. The Kier molecular flexibility index (Phi) is 7.79. The molecule has 166 valence electrons. The Morgan fingerprint density at radius 2 is 1.97 bits per heavy atom. The van der Waals surface area contributed by atoms with E-state index in [9.17, 15) is 19.7 Å². The van der Waals surface area contributed by atoms with Crippen molar-refractivity contribution in [2.75, 3.05) is 18.5 Å². The lowest BCUT2D eigenvalue weighted by molar-refractivity contribution is -0.387. The van der Waals surface area contributed by atoms with Gasteiger partial charge in [0, 0.05) is 28.4 Å². The predicted octanol–water partition coefficient (Wildman–Crippen LogP) is 4.28. The largest absolute Gasteiger partial charge is 0.494 e. The van der Waals surface area contributed by atoms with Gasteiger partial charge in [0.25, 0.3) is 11.6 Å². The van der Waals surface area contributed by atoms with Crippen molar-refractivity contribution in [1.82, 2.24) is 10.3 Å². The molecule has 0 aliphatic rings. The molecule has 0 fully saturated rings. The van der Waals surface area contributed by atoms with Crippen LogP contribution in [0.4, 0.5) is 11.4 Å². The zero-order valence-electron chi connectivity index (χ0n) is 17.3. The number of benzene rings is 2. The smallest absolute Gasteiger partial charge is 0.284 e. The Morgan fingerprint density at radius 1 is 1.22 bits per heavy atom. The van der Waals surface area contributed by atoms with Gasteiger partial charge in [0.05, 0.1) is 23.0 Å². The molecule has 0 saturated heterocycles. The maximum absolute atomic E-state index is 12.4. The van der Waals surface area contributed by atoms with Gasteiger partial charge in [-0.3, -0.25) is 19.7 Å². The number of nitro benzene ring substituents is 1. The number of ether oxygens (including phenoxy) is 1. The minimum atomic E-state index is -0.586. The van der Waals surface area contributed by atoms with Crippen LogP contribution < -0.4 is 15.4 Å². The van der Waals surface area contributed by atoms with Gasteiger partial charge in [-0.15, -0.1) is 11.3 Å². The molecule has 3 aromatic rings. The SMILES string of the molecule is CCOc1ccc(NC(=O)CNC(=O)c2ccc(Sc3nc(C)cs3)c([N+](=O)[O-])c2)cc1. The van der Waals surface area contributed by atoms with Crippen LogP contribution in [-0.4, -0.2) is 34.9 Å². The molecule has 0 aliphatic heterocycles. The number of nitro groups is 1. The fraction of sp³-hybridized carbons (Fsp3) is 0.190. The van der Waals surface area contributed by atoms with Crippen molar-refractivity contribution in [3.05, 3.63) is 69.2 Å². The highest BCUT2D eigenvalue weighted by molar-refractivity contribution is 8.01. The van der Waals surface area contributed by atoms with Crippen LogP contribution in [0.3, 0.4) is 0 Å². The van der Waals surface area contributed by atoms with Crippen LogP contribution in [0.15, 0.2) is 57.1 Å². The van der Waals surface area contributed by atoms with Crippen molar-refractivity contribution in [3.63, 3.8) is 0 Å². The average molecular weight is 473 g/mol. The first-order valence-electron chi connectivity index (χ1n) is 9.55. The van der Waals surface area contributed by atoms with E-state index in [0.29, 0.717) is 27.3 Å². The molecular weight excluding hydrogens is 452 g/mol. The maximum atomic E-state index is 12.4. The predicted molar refractivity (Wildman–Crippen MR) is 123 cm³/mol. The molecule has 0 saturated carbocycles. The summed E-state index contributed by atoms with van der Waals surface area (Å²) < 4.78 is 6.02. The first kappa shape index (κ1) is 23.2. The molecule has 2 amide bonds. The minimum absolute atomic E-state index is 0.0882. The quantitative estimate of drug-likeness (QED) is 0.352. The molecule has 2 N–H and O–H groups in total. The fourth-order valence-electron chi connectivity index (χ4n) is 2.63. The molecular formula is C21H20N4O5S2. The maximum Gasteiger partial charge on any atom is 0.284 e. The molecule has 1 aromatic heterocycles. The molecule has 0 spiro atoms. The van der Waals surface area contributed by atoms with Crippen molar-refractivity contribution in [2.24, 2.45) is 0 Å². The van der Waals surface area contributed by atoms with Crippen LogP contribution in [0.5, 0.6) is 5.75 Å². The number of hydrogen-bond acceptors (Lipinski definition) is 8. The lowest BCUT2D eigenvalue weighted by atomic mass is 10.2. The Balaban J connectivity index is 1.60. The van der Waals surface area contributed by atoms with Crippen molar-refractivity contribution in [2.45, 2.75) is 23.1 Å². The van der Waals surface area contributed by atoms with Crippen LogP contribution in [0.25, 0.3) is 0 Å². The van der Waals surface area contributed by atoms with Crippen molar-refractivity contribution in [1.29, 1.82) is 0 Å². The van der Waals surface area contributed by atoms with E-state index >= 15 is 0 Å². The van der Waals surface area contributed by atoms with E-state index in [0.717, 1.165) is 5.69 Å². The van der Waals surface area contributed by atoms with Crippen LogP contribution in [0.2, 0.25) is 0 Å². The number of rotatable bonds is 9. The summed E-state index contributed by atoms with van der Waals surface area (Å²) in [4.78, 5) is 40.2. The molecule has 0 unspecified atom stereocenters. The Labute approximate surface area is 192 Å². The first-order valence-corrected chi connectivity index (χ1v) is 11.2. The number of aryl methyl sites for hydroxylation is 1. The van der Waals surface area contributed by atoms with Gasteiger partial charge < -0.3 is 15.4 Å². The second-order valence-corrected chi connectivity index (χ2v) is 8.63. The van der Waals surface area contributed by atoms with Crippen LogP contribution in [-0.2, 0) is 4.79 Å². The van der Waals surface area contributed by atoms with Crippen molar-refractivity contribution >= 4 is 46.3 Å². The van der Waals surface area contributed by atoms with Crippen molar-refractivity contribution < 1.29 is 19.2 Å². The molecule has 0 atom stereocenters. The number of carbonyl (C=O) groups excluding carboxylic acids is 2. The highest BCUT2D eigenvalue weighted by Gasteiger charge is 2.20. The van der Waals surface area contributed by atoms with E-state index in [4.69, 9.17) is 4.74 Å². The summed E-state index contributed by atoms with van der Waals surface area (Å²) in [6, 6.07) is 11.0. The number of hydrogen-bond donors (Lipinski definition) is 2. The van der Waals surface area contributed by atoms with Gasteiger partial charge in [-0.1, -0.05) is 11.8 Å². The first-order chi connectivity index (χ1) is 15.4. The van der Waals surface area contributed by atoms with Gasteiger partial charge >= 0.3 is 0 Å².